The maximum Gasteiger partial charge on any atom is 0.282 e. The van der Waals surface area contributed by atoms with E-state index in [1.165, 1.54) is 43.5 Å². The van der Waals surface area contributed by atoms with Crippen LogP contribution in [0.15, 0.2) is 53.6 Å². The van der Waals surface area contributed by atoms with Gasteiger partial charge in [0.25, 0.3) is 15.9 Å². The van der Waals surface area contributed by atoms with Crippen LogP contribution in [0.5, 0.6) is 5.75 Å². The summed E-state index contributed by atoms with van der Waals surface area (Å²) in [6.07, 6.45) is 0. The number of anilines is 1. The van der Waals surface area contributed by atoms with Gasteiger partial charge in [-0.3, -0.25) is 14.6 Å². The molecule has 0 aliphatic rings. The van der Waals surface area contributed by atoms with Gasteiger partial charge in [0, 0.05) is 17.9 Å². The number of aromatic amines is 1. The van der Waals surface area contributed by atoms with Crippen LogP contribution in [-0.4, -0.2) is 31.6 Å². The molecule has 3 N–H and O–H groups in total. The molecular weight excluding hydrogens is 399 g/mol. The van der Waals surface area contributed by atoms with Gasteiger partial charge in [0.15, 0.2) is 0 Å². The second-order valence-electron chi connectivity index (χ2n) is 6.17. The lowest BCUT2D eigenvalue weighted by atomic mass is 10.2. The Labute approximate surface area is 167 Å². The van der Waals surface area contributed by atoms with Gasteiger partial charge in [0.05, 0.1) is 7.11 Å². The van der Waals surface area contributed by atoms with Crippen molar-refractivity contribution in [3.63, 3.8) is 0 Å². The Hall–Kier alpha value is -3.40. The van der Waals surface area contributed by atoms with Crippen molar-refractivity contribution in [1.29, 1.82) is 0 Å². The first-order valence-electron chi connectivity index (χ1n) is 8.54. The fourth-order valence-corrected chi connectivity index (χ4v) is 3.83. The number of aryl methyl sites for hydroxylation is 1. The number of nitrogens with one attached hydrogen (secondary N) is 3. The van der Waals surface area contributed by atoms with Crippen LogP contribution in [0.3, 0.4) is 0 Å². The lowest BCUT2D eigenvalue weighted by Crippen LogP contribution is -2.26. The van der Waals surface area contributed by atoms with Crippen molar-refractivity contribution in [3.05, 3.63) is 71.2 Å². The molecule has 1 heterocycles. The number of carbonyl (C=O) groups excluding carboxylic acids is 1. The van der Waals surface area contributed by atoms with Gasteiger partial charge in [0.1, 0.15) is 17.1 Å². The summed E-state index contributed by atoms with van der Waals surface area (Å²) < 4.78 is 45.9. The Morgan fingerprint density at radius 1 is 1.14 bits per heavy atom. The second-order valence-corrected chi connectivity index (χ2v) is 7.77. The average Bonchev–Trinajstić information content (AvgIpc) is 3.10. The Morgan fingerprint density at radius 3 is 2.41 bits per heavy atom. The first-order chi connectivity index (χ1) is 13.8. The van der Waals surface area contributed by atoms with Crippen molar-refractivity contribution in [1.82, 2.24) is 15.5 Å². The quantitative estimate of drug-likeness (QED) is 0.546. The van der Waals surface area contributed by atoms with Gasteiger partial charge in [-0.25, -0.2) is 4.39 Å². The molecule has 0 saturated carbocycles. The minimum atomic E-state index is -4.12. The molecule has 10 heteroatoms. The van der Waals surface area contributed by atoms with E-state index in [0.717, 1.165) is 0 Å². The molecule has 152 valence electrons. The zero-order valence-corrected chi connectivity index (χ0v) is 16.5. The van der Waals surface area contributed by atoms with Crippen LogP contribution in [0, 0.1) is 12.7 Å². The molecule has 1 amide bonds. The molecule has 29 heavy (non-hydrogen) atoms. The van der Waals surface area contributed by atoms with Crippen LogP contribution < -0.4 is 14.8 Å². The summed E-state index contributed by atoms with van der Waals surface area (Å²) in [7, 11) is -2.62. The van der Waals surface area contributed by atoms with Gasteiger partial charge < -0.3 is 10.1 Å². The molecule has 1 aromatic heterocycles. The largest absolute Gasteiger partial charge is 0.497 e. The van der Waals surface area contributed by atoms with Crippen molar-refractivity contribution < 1.29 is 22.3 Å². The van der Waals surface area contributed by atoms with Crippen LogP contribution in [0.4, 0.5) is 10.1 Å². The lowest BCUT2D eigenvalue weighted by molar-refractivity contribution is 0.0947. The molecule has 8 nitrogen and oxygen atoms in total. The summed E-state index contributed by atoms with van der Waals surface area (Å²) in [5.74, 6) is -0.427. The Kier molecular flexibility index (Phi) is 5.83. The molecule has 0 aliphatic carbocycles. The first kappa shape index (κ1) is 20.3. The van der Waals surface area contributed by atoms with E-state index in [4.69, 9.17) is 4.74 Å². The van der Waals surface area contributed by atoms with Crippen LogP contribution in [0.25, 0.3) is 0 Å². The molecule has 0 unspecified atom stereocenters. The number of aromatic nitrogens is 2. The van der Waals surface area contributed by atoms with Gasteiger partial charge in [0.2, 0.25) is 5.03 Å². The number of nitrogens with zero attached hydrogens (tertiary/aromatic N) is 1. The van der Waals surface area contributed by atoms with Crippen molar-refractivity contribution in [3.8, 4) is 5.75 Å². The van der Waals surface area contributed by atoms with Crippen LogP contribution in [-0.2, 0) is 16.6 Å². The fraction of sp³-hybridized carbons (Fsp3) is 0.158. The number of H-pyrrole nitrogens is 1. The number of ether oxygens (including phenoxy) is 1. The molecule has 0 aliphatic heterocycles. The molecule has 0 fully saturated rings. The lowest BCUT2D eigenvalue weighted by Gasteiger charge is -2.09. The Bertz CT molecular complexity index is 1110. The highest BCUT2D eigenvalue weighted by atomic mass is 32.2. The second kappa shape index (κ2) is 8.31. The third-order valence-electron chi connectivity index (χ3n) is 4.10. The molecular formula is C19H19FN4O4S. The predicted octanol–water partition coefficient (Wildman–Crippen LogP) is 2.60. The average molecular weight is 418 g/mol. The van der Waals surface area contributed by atoms with Gasteiger partial charge in [-0.2, -0.15) is 13.5 Å². The van der Waals surface area contributed by atoms with Crippen molar-refractivity contribution in [2.24, 2.45) is 0 Å². The zero-order chi connectivity index (χ0) is 21.0. The summed E-state index contributed by atoms with van der Waals surface area (Å²) in [6, 6.07) is 11.9. The fourth-order valence-electron chi connectivity index (χ4n) is 2.60. The number of benzene rings is 2. The summed E-state index contributed by atoms with van der Waals surface area (Å²) in [5.41, 5.74) is 1.18. The molecule has 0 saturated heterocycles. The van der Waals surface area contributed by atoms with Crippen LogP contribution in [0.2, 0.25) is 0 Å². The number of rotatable bonds is 7. The highest BCUT2D eigenvalue weighted by molar-refractivity contribution is 7.92. The molecule has 0 bridgehead atoms. The Morgan fingerprint density at radius 2 is 1.79 bits per heavy atom. The molecule has 3 rings (SSSR count). The van der Waals surface area contributed by atoms with Gasteiger partial charge in [-0.05, 0) is 48.9 Å². The summed E-state index contributed by atoms with van der Waals surface area (Å²) in [6.45, 7) is 1.65. The van der Waals surface area contributed by atoms with E-state index in [1.54, 1.807) is 19.1 Å². The SMILES string of the molecule is COc1ccc(NS(=O)(=O)c2n[nH]c(C)c2C(=O)NCc2ccc(F)cc2)cc1. The van der Waals surface area contributed by atoms with E-state index in [1.807, 2.05) is 0 Å². The predicted molar refractivity (Wildman–Crippen MR) is 105 cm³/mol. The van der Waals surface area contributed by atoms with Crippen LogP contribution >= 0.6 is 0 Å². The van der Waals surface area contributed by atoms with E-state index in [-0.39, 0.29) is 17.9 Å². The van der Waals surface area contributed by atoms with E-state index < -0.39 is 21.0 Å². The first-order valence-corrected chi connectivity index (χ1v) is 10.0. The van der Waals surface area contributed by atoms with E-state index >= 15 is 0 Å². The van der Waals surface area contributed by atoms with Gasteiger partial charge in [-0.15, -0.1) is 0 Å². The highest BCUT2D eigenvalue weighted by Gasteiger charge is 2.28. The minimum absolute atomic E-state index is 0.0897. The Balaban J connectivity index is 1.79. The highest BCUT2D eigenvalue weighted by Crippen LogP contribution is 2.22. The maximum absolute atomic E-state index is 13.0. The van der Waals surface area contributed by atoms with Crippen molar-refractivity contribution in [2.75, 3.05) is 11.8 Å². The smallest absolute Gasteiger partial charge is 0.282 e. The normalized spacial score (nSPS) is 11.1. The third kappa shape index (κ3) is 4.72. The topological polar surface area (TPSA) is 113 Å². The maximum atomic E-state index is 13.0. The summed E-state index contributed by atoms with van der Waals surface area (Å²) in [5, 5.41) is 8.54. The number of halogens is 1. The minimum Gasteiger partial charge on any atom is -0.497 e. The van der Waals surface area contributed by atoms with Crippen molar-refractivity contribution in [2.45, 2.75) is 18.5 Å². The number of hydrogen-bond acceptors (Lipinski definition) is 5. The number of carbonyl (C=O) groups is 1. The molecule has 0 atom stereocenters. The summed E-state index contributed by atoms with van der Waals surface area (Å²) in [4.78, 5) is 12.6. The number of sulfonamides is 1. The molecule has 0 spiro atoms. The standard InChI is InChI=1S/C19H19FN4O4S/c1-12-17(18(25)21-11-13-3-5-14(20)6-4-13)19(23-22-12)29(26,27)24-15-7-9-16(28-2)10-8-15/h3-10,24H,11H2,1-2H3,(H,21,25)(H,22,23). The molecule has 0 radical (unpaired) electrons. The number of hydrogen-bond donors (Lipinski definition) is 3. The van der Waals surface area contributed by atoms with E-state index in [0.29, 0.717) is 22.7 Å². The van der Waals surface area contributed by atoms with Gasteiger partial charge >= 0.3 is 0 Å². The third-order valence-corrected chi connectivity index (χ3v) is 5.41. The zero-order valence-electron chi connectivity index (χ0n) is 15.7. The number of methoxy groups -OCH3 is 1. The monoisotopic (exact) mass is 418 g/mol. The number of amides is 1. The van der Waals surface area contributed by atoms with Crippen molar-refractivity contribution >= 4 is 21.6 Å². The van der Waals surface area contributed by atoms with E-state index in [9.17, 15) is 17.6 Å². The van der Waals surface area contributed by atoms with E-state index in [2.05, 4.69) is 20.2 Å². The molecule has 3 aromatic rings. The van der Waals surface area contributed by atoms with Crippen LogP contribution in [0.1, 0.15) is 21.6 Å². The molecule has 2 aromatic carbocycles. The summed E-state index contributed by atoms with van der Waals surface area (Å²) >= 11 is 0. The van der Waals surface area contributed by atoms with Gasteiger partial charge in [-0.1, -0.05) is 12.1 Å².